The second-order valence-electron chi connectivity index (χ2n) is 7.50. The van der Waals surface area contributed by atoms with Gasteiger partial charge in [-0.3, -0.25) is 10.1 Å². The van der Waals surface area contributed by atoms with Gasteiger partial charge in [0.05, 0.1) is 11.7 Å². The highest BCUT2D eigenvalue weighted by Gasteiger charge is 2.22. The summed E-state index contributed by atoms with van der Waals surface area (Å²) < 4.78 is 6.13. The Morgan fingerprint density at radius 2 is 2.10 bits per heavy atom. The van der Waals surface area contributed by atoms with E-state index in [9.17, 15) is 0 Å². The fourth-order valence-electron chi connectivity index (χ4n) is 3.95. The van der Waals surface area contributed by atoms with E-state index >= 15 is 0 Å². The topological polar surface area (TPSA) is 104 Å². The van der Waals surface area contributed by atoms with Crippen molar-refractivity contribution >= 4 is 43.2 Å². The number of fused-ring (bicyclic) bond motifs is 2. The van der Waals surface area contributed by atoms with Crippen LogP contribution in [0.3, 0.4) is 0 Å². The molecule has 0 saturated carbocycles. The fourth-order valence-corrected chi connectivity index (χ4v) is 5.91. The number of pyridine rings is 1. The lowest BCUT2D eigenvalue weighted by Crippen LogP contribution is -2.40. The van der Waals surface area contributed by atoms with Crippen LogP contribution in [0.1, 0.15) is 19.8 Å². The van der Waals surface area contributed by atoms with Crippen molar-refractivity contribution in [1.29, 1.82) is 0 Å². The number of thiazole rings is 2. The summed E-state index contributed by atoms with van der Waals surface area (Å²) in [5, 5.41) is 13.0. The van der Waals surface area contributed by atoms with Gasteiger partial charge in [0, 0.05) is 41.1 Å². The van der Waals surface area contributed by atoms with Crippen LogP contribution in [0, 0.1) is 0 Å². The molecule has 0 radical (unpaired) electrons. The molecule has 0 aliphatic carbocycles. The van der Waals surface area contributed by atoms with Crippen LogP contribution in [0.2, 0.25) is 0 Å². The third-order valence-electron chi connectivity index (χ3n) is 5.41. The molecule has 0 unspecified atom stereocenters. The zero-order valence-electron chi connectivity index (χ0n) is 16.2. The Morgan fingerprint density at radius 1 is 1.17 bits per heavy atom. The number of nitrogens with zero attached hydrogens (tertiary/aromatic N) is 4. The predicted octanol–water partition coefficient (Wildman–Crippen LogP) is 4.21. The molecule has 0 spiro atoms. The van der Waals surface area contributed by atoms with Crippen LogP contribution in [0.15, 0.2) is 30.9 Å². The fraction of sp³-hybridized carbons (Fsp3) is 0.300. The van der Waals surface area contributed by atoms with Crippen molar-refractivity contribution in [2.45, 2.75) is 31.9 Å². The molecule has 1 aliphatic rings. The maximum atomic E-state index is 6.13. The Morgan fingerprint density at radius 3 is 2.93 bits per heavy atom. The van der Waals surface area contributed by atoms with E-state index in [0.717, 1.165) is 61.8 Å². The molecule has 1 aliphatic heterocycles. The van der Waals surface area contributed by atoms with Gasteiger partial charge >= 0.3 is 0 Å². The molecule has 6 heterocycles. The normalized spacial score (nSPS) is 19.6. The minimum absolute atomic E-state index is 0.219. The third kappa shape index (κ3) is 3.08. The third-order valence-corrected chi connectivity index (χ3v) is 7.33. The zero-order valence-corrected chi connectivity index (χ0v) is 17.8. The van der Waals surface area contributed by atoms with Gasteiger partial charge in [-0.2, -0.15) is 10.1 Å². The van der Waals surface area contributed by atoms with Crippen LogP contribution >= 0.6 is 22.7 Å². The van der Waals surface area contributed by atoms with Crippen molar-refractivity contribution in [1.82, 2.24) is 35.5 Å². The molecule has 0 aromatic carbocycles. The van der Waals surface area contributed by atoms with Gasteiger partial charge in [-0.15, -0.1) is 0 Å². The van der Waals surface area contributed by atoms with Crippen LogP contribution in [0.5, 0.6) is 5.19 Å². The van der Waals surface area contributed by atoms with Gasteiger partial charge in [-0.1, -0.05) is 22.7 Å². The summed E-state index contributed by atoms with van der Waals surface area (Å²) in [5.41, 5.74) is 3.85. The summed E-state index contributed by atoms with van der Waals surface area (Å²) in [4.78, 5) is 19.3. The largest absolute Gasteiger partial charge is 0.467 e. The predicted molar refractivity (Wildman–Crippen MR) is 119 cm³/mol. The molecule has 2 atom stereocenters. The maximum Gasteiger partial charge on any atom is 0.276 e. The second kappa shape index (κ2) is 7.15. The number of aromatic nitrogens is 6. The van der Waals surface area contributed by atoms with Crippen molar-refractivity contribution in [2.24, 2.45) is 0 Å². The number of rotatable bonds is 4. The van der Waals surface area contributed by atoms with E-state index in [1.165, 1.54) is 11.3 Å². The standard InChI is InChI=1S/C20H19N7OS2/c1-10-6-12(2-4-21-10)28-20-27-19-18(30-20)26-17(29-19)16-15-13(3-5-22-15)14(9-23-16)11-7-24-25-8-11/h3,5,7-10,12,21-22H,2,4,6H2,1H3,(H,24,25)/t10-,12+/m1/s1. The number of H-pyrrole nitrogens is 2. The SMILES string of the molecule is C[C@@H]1C[C@@H](Oc2nc3sc(-c4ncc(-c5cn[nH]c5)c5cc[nH]c45)nc3s2)CCN1. The van der Waals surface area contributed by atoms with Gasteiger partial charge in [-0.25, -0.2) is 4.98 Å². The number of piperidine rings is 1. The first-order valence-corrected chi connectivity index (χ1v) is 11.5. The molecule has 152 valence electrons. The molecule has 6 rings (SSSR count). The molecule has 5 aromatic heterocycles. The van der Waals surface area contributed by atoms with E-state index in [2.05, 4.69) is 38.5 Å². The Hall–Kier alpha value is -2.82. The molecular weight excluding hydrogens is 418 g/mol. The molecule has 30 heavy (non-hydrogen) atoms. The van der Waals surface area contributed by atoms with Gasteiger partial charge in [-0.05, 0) is 32.4 Å². The van der Waals surface area contributed by atoms with E-state index in [0.29, 0.717) is 11.2 Å². The van der Waals surface area contributed by atoms with Gasteiger partial charge in [0.1, 0.15) is 16.8 Å². The van der Waals surface area contributed by atoms with E-state index in [1.54, 1.807) is 17.5 Å². The molecule has 5 aromatic rings. The molecule has 1 saturated heterocycles. The summed E-state index contributed by atoms with van der Waals surface area (Å²) in [5.74, 6) is 0. The maximum absolute atomic E-state index is 6.13. The van der Waals surface area contributed by atoms with Gasteiger partial charge in [0.15, 0.2) is 9.66 Å². The van der Waals surface area contributed by atoms with Crippen LogP contribution in [0.25, 0.3) is 42.4 Å². The quantitative estimate of drug-likeness (QED) is 0.389. The van der Waals surface area contributed by atoms with Crippen molar-refractivity contribution in [3.05, 3.63) is 30.9 Å². The van der Waals surface area contributed by atoms with E-state index in [-0.39, 0.29) is 6.10 Å². The summed E-state index contributed by atoms with van der Waals surface area (Å²) in [6.07, 6.45) is 9.72. The number of ether oxygens (including phenoxy) is 1. The van der Waals surface area contributed by atoms with Gasteiger partial charge < -0.3 is 15.0 Å². The van der Waals surface area contributed by atoms with E-state index in [4.69, 9.17) is 14.7 Å². The van der Waals surface area contributed by atoms with Crippen molar-refractivity contribution in [3.63, 3.8) is 0 Å². The lowest BCUT2D eigenvalue weighted by atomic mass is 10.0. The summed E-state index contributed by atoms with van der Waals surface area (Å²) in [7, 11) is 0. The number of aromatic amines is 2. The Balaban J connectivity index is 1.33. The monoisotopic (exact) mass is 437 g/mol. The van der Waals surface area contributed by atoms with E-state index < -0.39 is 0 Å². The van der Waals surface area contributed by atoms with Crippen LogP contribution < -0.4 is 10.1 Å². The highest BCUT2D eigenvalue weighted by atomic mass is 32.1. The molecule has 3 N–H and O–H groups in total. The van der Waals surface area contributed by atoms with Crippen LogP contribution in [-0.2, 0) is 0 Å². The Bertz CT molecular complexity index is 1290. The van der Waals surface area contributed by atoms with Crippen molar-refractivity contribution in [2.75, 3.05) is 6.54 Å². The lowest BCUT2D eigenvalue weighted by Gasteiger charge is -2.27. The highest BCUT2D eigenvalue weighted by molar-refractivity contribution is 7.28. The highest BCUT2D eigenvalue weighted by Crippen LogP contribution is 2.39. The molecule has 0 bridgehead atoms. The summed E-state index contributed by atoms with van der Waals surface area (Å²) in [6.45, 7) is 3.18. The first-order chi connectivity index (χ1) is 14.7. The van der Waals surface area contributed by atoms with Gasteiger partial charge in [0.25, 0.3) is 5.19 Å². The summed E-state index contributed by atoms with van der Waals surface area (Å²) in [6, 6.07) is 2.54. The molecule has 10 heteroatoms. The average molecular weight is 438 g/mol. The molecular formula is C20H19N7OS2. The van der Waals surface area contributed by atoms with Crippen molar-refractivity contribution in [3.8, 4) is 27.0 Å². The van der Waals surface area contributed by atoms with Gasteiger partial charge in [0.2, 0.25) is 0 Å². The molecule has 0 amide bonds. The number of nitrogens with one attached hydrogen (secondary N) is 3. The lowest BCUT2D eigenvalue weighted by molar-refractivity contribution is 0.144. The molecule has 8 nitrogen and oxygen atoms in total. The van der Waals surface area contributed by atoms with Crippen LogP contribution in [0.4, 0.5) is 0 Å². The molecule has 1 fully saturated rings. The smallest absolute Gasteiger partial charge is 0.276 e. The van der Waals surface area contributed by atoms with Crippen LogP contribution in [-0.4, -0.2) is 48.8 Å². The Kier molecular flexibility index (Phi) is 4.29. The number of hydrogen-bond donors (Lipinski definition) is 3. The minimum Gasteiger partial charge on any atom is -0.467 e. The zero-order chi connectivity index (χ0) is 20.1. The second-order valence-corrected chi connectivity index (χ2v) is 9.42. The first kappa shape index (κ1) is 18.0. The number of hydrogen-bond acceptors (Lipinski definition) is 8. The van der Waals surface area contributed by atoms with E-state index in [1.807, 2.05) is 18.6 Å². The minimum atomic E-state index is 0.219. The first-order valence-electron chi connectivity index (χ1n) is 9.87. The van der Waals surface area contributed by atoms with Crippen molar-refractivity contribution < 1.29 is 4.74 Å². The summed E-state index contributed by atoms with van der Waals surface area (Å²) >= 11 is 3.06. The Labute approximate surface area is 179 Å². The average Bonchev–Trinajstić information content (AvgIpc) is 3.50.